The second-order valence-corrected chi connectivity index (χ2v) is 5.86. The van der Waals surface area contributed by atoms with Gasteiger partial charge in [-0.05, 0) is 11.6 Å². The van der Waals surface area contributed by atoms with E-state index in [1.54, 1.807) is 24.3 Å². The molecule has 0 aromatic heterocycles. The molecule has 5 nitrogen and oxygen atoms in total. The zero-order valence-electron chi connectivity index (χ0n) is 10.5. The van der Waals surface area contributed by atoms with Crippen molar-refractivity contribution in [3.8, 4) is 6.07 Å². The van der Waals surface area contributed by atoms with E-state index in [-0.39, 0.29) is 25.4 Å². The Kier molecular flexibility index (Phi) is 5.70. The largest absolute Gasteiger partial charge is 0.395 e. The van der Waals surface area contributed by atoms with Crippen LogP contribution in [0.4, 0.5) is 0 Å². The highest BCUT2D eigenvalue weighted by atomic mass is 32.2. The summed E-state index contributed by atoms with van der Waals surface area (Å²) < 4.78 is 25.6. The number of aliphatic hydroxyl groups excluding tert-OH is 1. The lowest BCUT2D eigenvalue weighted by Gasteiger charge is -2.19. The standard InChI is InChI=1S/C13H16N2O3S/c1-2-7-15(8-9-16)19(17,18)11-13-6-4-3-5-12(13)10-14/h2-6,16H,1,7-9,11H2. The summed E-state index contributed by atoms with van der Waals surface area (Å²) in [5, 5.41) is 17.8. The maximum absolute atomic E-state index is 12.2. The minimum absolute atomic E-state index is 0.0169. The van der Waals surface area contributed by atoms with Crippen LogP contribution in [0.15, 0.2) is 36.9 Å². The molecule has 0 atom stereocenters. The van der Waals surface area contributed by atoms with Crippen LogP contribution in [0.1, 0.15) is 11.1 Å². The van der Waals surface area contributed by atoms with E-state index in [1.165, 1.54) is 6.08 Å². The predicted octanol–water partition coefficient (Wildman–Crippen LogP) is 0.868. The molecule has 0 saturated carbocycles. The van der Waals surface area contributed by atoms with Gasteiger partial charge in [-0.3, -0.25) is 0 Å². The molecule has 0 aliphatic carbocycles. The van der Waals surface area contributed by atoms with Crippen molar-refractivity contribution in [1.29, 1.82) is 5.26 Å². The molecule has 102 valence electrons. The molecule has 19 heavy (non-hydrogen) atoms. The van der Waals surface area contributed by atoms with Crippen molar-refractivity contribution in [3.05, 3.63) is 48.0 Å². The van der Waals surface area contributed by atoms with Crippen LogP contribution in [0.3, 0.4) is 0 Å². The van der Waals surface area contributed by atoms with Crippen molar-refractivity contribution in [1.82, 2.24) is 4.31 Å². The van der Waals surface area contributed by atoms with Gasteiger partial charge in [-0.25, -0.2) is 8.42 Å². The fourth-order valence-corrected chi connectivity index (χ4v) is 3.16. The number of hydrogen-bond donors (Lipinski definition) is 1. The molecule has 0 fully saturated rings. The van der Waals surface area contributed by atoms with E-state index in [0.717, 1.165) is 4.31 Å². The quantitative estimate of drug-likeness (QED) is 0.751. The molecular formula is C13H16N2O3S. The molecule has 1 rings (SSSR count). The first-order valence-corrected chi connectivity index (χ1v) is 7.33. The van der Waals surface area contributed by atoms with Gasteiger partial charge in [0.05, 0.1) is 24.0 Å². The van der Waals surface area contributed by atoms with Gasteiger partial charge in [-0.2, -0.15) is 9.57 Å². The molecule has 0 saturated heterocycles. The van der Waals surface area contributed by atoms with Crippen LogP contribution in [-0.2, 0) is 15.8 Å². The van der Waals surface area contributed by atoms with Crippen LogP contribution in [0.5, 0.6) is 0 Å². The topological polar surface area (TPSA) is 81.4 Å². The molecule has 0 bridgehead atoms. The molecule has 0 unspecified atom stereocenters. The maximum atomic E-state index is 12.2. The highest BCUT2D eigenvalue weighted by Crippen LogP contribution is 2.14. The lowest BCUT2D eigenvalue weighted by atomic mass is 10.1. The number of aliphatic hydroxyl groups is 1. The normalized spacial score (nSPS) is 11.2. The zero-order valence-corrected chi connectivity index (χ0v) is 11.3. The van der Waals surface area contributed by atoms with Gasteiger partial charge < -0.3 is 5.11 Å². The molecule has 0 radical (unpaired) electrons. The first-order valence-electron chi connectivity index (χ1n) is 5.72. The molecule has 0 aliphatic rings. The minimum atomic E-state index is -3.58. The van der Waals surface area contributed by atoms with E-state index in [0.29, 0.717) is 11.1 Å². The SMILES string of the molecule is C=CCN(CCO)S(=O)(=O)Cc1ccccc1C#N. The third-order valence-electron chi connectivity index (χ3n) is 2.55. The van der Waals surface area contributed by atoms with Gasteiger partial charge in [0.2, 0.25) is 10.0 Å². The number of nitrogens with zero attached hydrogens (tertiary/aromatic N) is 2. The van der Waals surface area contributed by atoms with Crippen molar-refractivity contribution in [3.63, 3.8) is 0 Å². The van der Waals surface area contributed by atoms with Gasteiger partial charge in [0.25, 0.3) is 0 Å². The van der Waals surface area contributed by atoms with Crippen LogP contribution < -0.4 is 0 Å². The summed E-state index contributed by atoms with van der Waals surface area (Å²) >= 11 is 0. The summed E-state index contributed by atoms with van der Waals surface area (Å²) in [6.45, 7) is 3.39. The monoisotopic (exact) mass is 280 g/mol. The van der Waals surface area contributed by atoms with Crippen LogP contribution in [-0.4, -0.2) is 37.5 Å². The van der Waals surface area contributed by atoms with Gasteiger partial charge in [-0.15, -0.1) is 6.58 Å². The average Bonchev–Trinajstić information content (AvgIpc) is 2.38. The summed E-state index contributed by atoms with van der Waals surface area (Å²) in [6.07, 6.45) is 1.46. The third kappa shape index (κ3) is 4.17. The Bertz CT molecular complexity index is 576. The van der Waals surface area contributed by atoms with Crippen molar-refractivity contribution in [2.45, 2.75) is 5.75 Å². The second-order valence-electron chi connectivity index (χ2n) is 3.90. The van der Waals surface area contributed by atoms with E-state index in [1.807, 2.05) is 6.07 Å². The van der Waals surface area contributed by atoms with Crippen LogP contribution >= 0.6 is 0 Å². The molecule has 1 aromatic carbocycles. The van der Waals surface area contributed by atoms with Gasteiger partial charge in [-0.1, -0.05) is 24.3 Å². The average molecular weight is 280 g/mol. The molecule has 6 heteroatoms. The third-order valence-corrected chi connectivity index (χ3v) is 4.35. The van der Waals surface area contributed by atoms with Crippen molar-refractivity contribution in [2.75, 3.05) is 19.7 Å². The Morgan fingerprint density at radius 1 is 1.42 bits per heavy atom. The first-order chi connectivity index (χ1) is 9.05. The predicted molar refractivity (Wildman–Crippen MR) is 72.6 cm³/mol. The molecule has 1 aromatic rings. The fraction of sp³-hybridized carbons (Fsp3) is 0.308. The van der Waals surface area contributed by atoms with Gasteiger partial charge in [0.1, 0.15) is 0 Å². The number of rotatable bonds is 7. The van der Waals surface area contributed by atoms with E-state index in [9.17, 15) is 8.42 Å². The maximum Gasteiger partial charge on any atom is 0.218 e. The Hall–Kier alpha value is -1.68. The lowest BCUT2D eigenvalue weighted by Crippen LogP contribution is -2.34. The number of nitriles is 1. The second kappa shape index (κ2) is 7.04. The summed E-state index contributed by atoms with van der Waals surface area (Å²) in [5.41, 5.74) is 0.797. The van der Waals surface area contributed by atoms with Gasteiger partial charge >= 0.3 is 0 Å². The molecule has 0 heterocycles. The van der Waals surface area contributed by atoms with E-state index < -0.39 is 10.0 Å². The minimum Gasteiger partial charge on any atom is -0.395 e. The molecule has 0 aliphatic heterocycles. The smallest absolute Gasteiger partial charge is 0.218 e. The van der Waals surface area contributed by atoms with E-state index >= 15 is 0 Å². The molecule has 0 amide bonds. The van der Waals surface area contributed by atoms with Crippen LogP contribution in [0, 0.1) is 11.3 Å². The summed E-state index contributed by atoms with van der Waals surface area (Å²) in [5.74, 6) is -0.259. The number of sulfonamides is 1. The van der Waals surface area contributed by atoms with Crippen molar-refractivity contribution in [2.24, 2.45) is 0 Å². The van der Waals surface area contributed by atoms with Crippen molar-refractivity contribution < 1.29 is 13.5 Å². The highest BCUT2D eigenvalue weighted by molar-refractivity contribution is 7.88. The molecule has 0 spiro atoms. The lowest BCUT2D eigenvalue weighted by molar-refractivity contribution is 0.260. The van der Waals surface area contributed by atoms with Gasteiger partial charge in [0.15, 0.2) is 0 Å². The highest BCUT2D eigenvalue weighted by Gasteiger charge is 2.22. The molecular weight excluding hydrogens is 264 g/mol. The first kappa shape index (κ1) is 15.4. The Labute approximate surface area is 113 Å². The van der Waals surface area contributed by atoms with E-state index in [2.05, 4.69) is 6.58 Å². The van der Waals surface area contributed by atoms with E-state index in [4.69, 9.17) is 10.4 Å². The Balaban J connectivity index is 3.01. The summed E-state index contributed by atoms with van der Waals surface area (Å²) in [4.78, 5) is 0. The van der Waals surface area contributed by atoms with Crippen LogP contribution in [0.2, 0.25) is 0 Å². The van der Waals surface area contributed by atoms with Crippen molar-refractivity contribution >= 4 is 10.0 Å². The number of benzene rings is 1. The summed E-state index contributed by atoms with van der Waals surface area (Å²) in [6, 6.07) is 8.53. The van der Waals surface area contributed by atoms with Gasteiger partial charge in [0, 0.05) is 13.1 Å². The number of hydrogen-bond acceptors (Lipinski definition) is 4. The zero-order chi connectivity index (χ0) is 14.3. The fourth-order valence-electron chi connectivity index (χ4n) is 1.64. The molecule has 1 N–H and O–H groups in total. The Morgan fingerprint density at radius 3 is 2.68 bits per heavy atom. The van der Waals surface area contributed by atoms with Crippen LogP contribution in [0.25, 0.3) is 0 Å². The Morgan fingerprint density at radius 2 is 2.11 bits per heavy atom. The summed E-state index contributed by atoms with van der Waals surface area (Å²) in [7, 11) is -3.58.